The van der Waals surface area contributed by atoms with Crippen molar-refractivity contribution >= 4 is 6.03 Å². The molecule has 3 N–H and O–H groups in total. The van der Waals surface area contributed by atoms with Crippen molar-refractivity contribution in [2.24, 2.45) is 0 Å². The maximum atomic E-state index is 11.9. The van der Waals surface area contributed by atoms with Crippen LogP contribution in [0.4, 0.5) is 4.79 Å². The third kappa shape index (κ3) is 4.70. The highest BCUT2D eigenvalue weighted by atomic mass is 16.3. The molecule has 4 heteroatoms. The van der Waals surface area contributed by atoms with Crippen LogP contribution in [0.5, 0.6) is 0 Å². The van der Waals surface area contributed by atoms with E-state index in [9.17, 15) is 9.90 Å². The first kappa shape index (κ1) is 14.6. The van der Waals surface area contributed by atoms with E-state index in [1.54, 1.807) is 0 Å². The van der Waals surface area contributed by atoms with Crippen LogP contribution < -0.4 is 10.6 Å². The molecule has 20 heavy (non-hydrogen) atoms. The van der Waals surface area contributed by atoms with Gasteiger partial charge in [0.05, 0.1) is 12.6 Å². The maximum absolute atomic E-state index is 11.9. The number of allylic oxidation sites excluding steroid dienone is 1. The summed E-state index contributed by atoms with van der Waals surface area (Å²) >= 11 is 0. The molecule has 2 rings (SSSR count). The van der Waals surface area contributed by atoms with Gasteiger partial charge in [-0.05, 0) is 31.2 Å². The lowest BCUT2D eigenvalue weighted by Crippen LogP contribution is -2.48. The molecular weight excluding hydrogens is 252 g/mol. The molecule has 1 aromatic carbocycles. The van der Waals surface area contributed by atoms with E-state index in [0.29, 0.717) is 6.42 Å². The van der Waals surface area contributed by atoms with Gasteiger partial charge in [-0.25, -0.2) is 4.79 Å². The van der Waals surface area contributed by atoms with Gasteiger partial charge in [0.2, 0.25) is 0 Å². The van der Waals surface area contributed by atoms with Gasteiger partial charge in [0.1, 0.15) is 0 Å². The fourth-order valence-electron chi connectivity index (χ4n) is 2.39. The highest BCUT2D eigenvalue weighted by molar-refractivity contribution is 5.74. The number of urea groups is 1. The Morgan fingerprint density at radius 1 is 1.35 bits per heavy atom. The summed E-state index contributed by atoms with van der Waals surface area (Å²) in [5.41, 5.74) is 1.10. The molecule has 0 spiro atoms. The Balaban J connectivity index is 1.81. The largest absolute Gasteiger partial charge is 0.394 e. The molecule has 0 aromatic heterocycles. The van der Waals surface area contributed by atoms with Crippen molar-refractivity contribution < 1.29 is 9.90 Å². The molecule has 0 heterocycles. The zero-order valence-corrected chi connectivity index (χ0v) is 11.6. The molecule has 0 saturated heterocycles. The van der Waals surface area contributed by atoms with Crippen LogP contribution in [0, 0.1) is 0 Å². The normalized spacial score (nSPS) is 19.4. The molecule has 2 amide bonds. The number of nitrogens with one attached hydrogen (secondary N) is 2. The predicted molar refractivity (Wildman–Crippen MR) is 79.5 cm³/mol. The summed E-state index contributed by atoms with van der Waals surface area (Å²) in [6, 6.07) is 9.49. The fourth-order valence-corrected chi connectivity index (χ4v) is 2.39. The summed E-state index contributed by atoms with van der Waals surface area (Å²) in [6.07, 6.45) is 7.94. The van der Waals surface area contributed by atoms with E-state index in [2.05, 4.69) is 16.7 Å². The van der Waals surface area contributed by atoms with E-state index in [0.717, 1.165) is 24.8 Å². The maximum Gasteiger partial charge on any atom is 0.315 e. The van der Waals surface area contributed by atoms with Gasteiger partial charge in [-0.3, -0.25) is 0 Å². The topological polar surface area (TPSA) is 61.4 Å². The van der Waals surface area contributed by atoms with Crippen molar-refractivity contribution in [3.63, 3.8) is 0 Å². The zero-order chi connectivity index (χ0) is 14.2. The van der Waals surface area contributed by atoms with Gasteiger partial charge >= 0.3 is 6.03 Å². The number of carbonyl (C=O) groups excluding carboxylic acids is 1. The second kappa shape index (κ2) is 7.70. The van der Waals surface area contributed by atoms with Gasteiger partial charge in [-0.2, -0.15) is 0 Å². The van der Waals surface area contributed by atoms with Crippen LogP contribution in [0.1, 0.15) is 24.8 Å². The Kier molecular flexibility index (Phi) is 5.62. The summed E-state index contributed by atoms with van der Waals surface area (Å²) in [6.45, 7) is -0.0666. The Morgan fingerprint density at radius 3 is 2.80 bits per heavy atom. The third-order valence-electron chi connectivity index (χ3n) is 3.45. The Morgan fingerprint density at radius 2 is 2.15 bits per heavy atom. The molecule has 0 saturated carbocycles. The van der Waals surface area contributed by atoms with E-state index in [4.69, 9.17) is 0 Å². The molecule has 1 unspecified atom stereocenters. The van der Waals surface area contributed by atoms with Crippen LogP contribution in [0.2, 0.25) is 0 Å². The van der Waals surface area contributed by atoms with E-state index < -0.39 is 0 Å². The third-order valence-corrected chi connectivity index (χ3v) is 3.45. The first-order valence-electron chi connectivity index (χ1n) is 7.16. The lowest BCUT2D eigenvalue weighted by atomic mass is 10.0. The molecule has 0 fully saturated rings. The van der Waals surface area contributed by atoms with Gasteiger partial charge in [0, 0.05) is 6.04 Å². The Bertz CT molecular complexity index is 445. The Hall–Kier alpha value is -1.81. The molecule has 0 bridgehead atoms. The van der Waals surface area contributed by atoms with Gasteiger partial charge in [-0.1, -0.05) is 42.5 Å². The van der Waals surface area contributed by atoms with E-state index >= 15 is 0 Å². The zero-order valence-electron chi connectivity index (χ0n) is 11.6. The highest BCUT2D eigenvalue weighted by Crippen LogP contribution is 2.10. The number of benzene rings is 1. The lowest BCUT2D eigenvalue weighted by Gasteiger charge is -2.21. The van der Waals surface area contributed by atoms with Crippen LogP contribution in [0.15, 0.2) is 42.5 Å². The quantitative estimate of drug-likeness (QED) is 0.719. The van der Waals surface area contributed by atoms with Crippen molar-refractivity contribution in [1.82, 2.24) is 10.6 Å². The molecule has 4 nitrogen and oxygen atoms in total. The number of hydrogen-bond donors (Lipinski definition) is 3. The minimum absolute atomic E-state index is 0.0666. The van der Waals surface area contributed by atoms with Gasteiger partial charge in [-0.15, -0.1) is 0 Å². The first-order chi connectivity index (χ1) is 9.78. The van der Waals surface area contributed by atoms with E-state index in [1.165, 1.54) is 0 Å². The highest BCUT2D eigenvalue weighted by Gasteiger charge is 2.15. The van der Waals surface area contributed by atoms with Crippen molar-refractivity contribution in [3.05, 3.63) is 48.0 Å². The van der Waals surface area contributed by atoms with Crippen molar-refractivity contribution in [2.45, 2.75) is 37.8 Å². The average molecular weight is 274 g/mol. The number of aliphatic hydroxyl groups excluding tert-OH is 1. The van der Waals surface area contributed by atoms with Gasteiger partial charge in [0.25, 0.3) is 0 Å². The van der Waals surface area contributed by atoms with Gasteiger partial charge < -0.3 is 15.7 Å². The molecular formula is C16H22N2O2. The number of rotatable bonds is 5. The smallest absolute Gasteiger partial charge is 0.315 e. The van der Waals surface area contributed by atoms with Crippen LogP contribution in [0.25, 0.3) is 0 Å². The van der Waals surface area contributed by atoms with Crippen LogP contribution in [-0.2, 0) is 6.42 Å². The van der Waals surface area contributed by atoms with E-state index in [1.807, 2.05) is 36.4 Å². The molecule has 0 radical (unpaired) electrons. The minimum Gasteiger partial charge on any atom is -0.394 e. The van der Waals surface area contributed by atoms with Crippen LogP contribution in [0.3, 0.4) is 0 Å². The van der Waals surface area contributed by atoms with Crippen molar-refractivity contribution in [1.29, 1.82) is 0 Å². The minimum atomic E-state index is -0.259. The molecule has 2 atom stereocenters. The fraction of sp³-hybridized carbons (Fsp3) is 0.438. The summed E-state index contributed by atoms with van der Waals surface area (Å²) < 4.78 is 0. The van der Waals surface area contributed by atoms with Crippen molar-refractivity contribution in [2.75, 3.05) is 6.61 Å². The number of carbonyl (C=O) groups is 1. The summed E-state index contributed by atoms with van der Waals surface area (Å²) in [5.74, 6) is 0. The summed E-state index contributed by atoms with van der Waals surface area (Å²) in [5, 5.41) is 15.1. The second-order valence-corrected chi connectivity index (χ2v) is 5.15. The predicted octanol–water partition coefficient (Wildman–Crippen LogP) is 2.00. The van der Waals surface area contributed by atoms with Crippen LogP contribution in [-0.4, -0.2) is 29.8 Å². The molecule has 1 aliphatic rings. The summed E-state index contributed by atoms with van der Waals surface area (Å²) in [4.78, 5) is 11.9. The monoisotopic (exact) mass is 274 g/mol. The standard InChI is InChI=1S/C16H22N2O2/c19-12-15(11-13-7-3-1-4-8-13)18-16(20)17-14-9-5-2-6-10-14/h1,3-5,7-9,14-15,19H,2,6,10-12H2,(H2,17,18,20)/t14?,15-/m0/s1. The van der Waals surface area contributed by atoms with E-state index in [-0.39, 0.29) is 24.7 Å². The molecule has 108 valence electrons. The number of hydrogen-bond acceptors (Lipinski definition) is 2. The second-order valence-electron chi connectivity index (χ2n) is 5.15. The summed E-state index contributed by atoms with van der Waals surface area (Å²) in [7, 11) is 0. The molecule has 1 aromatic rings. The average Bonchev–Trinajstić information content (AvgIpc) is 2.48. The Labute approximate surface area is 119 Å². The first-order valence-corrected chi connectivity index (χ1v) is 7.16. The van der Waals surface area contributed by atoms with Crippen molar-refractivity contribution in [3.8, 4) is 0 Å². The molecule has 0 aliphatic heterocycles. The van der Waals surface area contributed by atoms with Gasteiger partial charge in [0.15, 0.2) is 0 Å². The lowest BCUT2D eigenvalue weighted by molar-refractivity contribution is 0.214. The SMILES string of the molecule is O=C(NC1C=CCCC1)N[C@H](CO)Cc1ccccc1. The number of amides is 2. The molecule has 1 aliphatic carbocycles. The number of aliphatic hydroxyl groups is 1. The van der Waals surface area contributed by atoms with Crippen LogP contribution >= 0.6 is 0 Å².